The molecule has 4 heterocycles. The van der Waals surface area contributed by atoms with Crippen molar-refractivity contribution in [3.8, 4) is 23.0 Å². The molecule has 172 valence electrons. The lowest BCUT2D eigenvalue weighted by Gasteiger charge is -2.29. The monoisotopic (exact) mass is 451 g/mol. The summed E-state index contributed by atoms with van der Waals surface area (Å²) in [6.07, 6.45) is 2.74. The van der Waals surface area contributed by atoms with E-state index in [-0.39, 0.29) is 6.61 Å². The van der Waals surface area contributed by atoms with Gasteiger partial charge in [0.05, 0.1) is 6.61 Å². The fourth-order valence-electron chi connectivity index (χ4n) is 3.97. The molecule has 3 aromatic heterocycles. The second kappa shape index (κ2) is 9.29. The van der Waals surface area contributed by atoms with E-state index in [1.54, 1.807) is 7.11 Å². The summed E-state index contributed by atoms with van der Waals surface area (Å²) in [5.41, 5.74) is 0.647. The van der Waals surface area contributed by atoms with Crippen molar-refractivity contribution in [2.75, 3.05) is 40.0 Å². The van der Waals surface area contributed by atoms with Crippen LogP contribution < -0.4 is 14.8 Å². The van der Waals surface area contributed by atoms with Crippen LogP contribution >= 0.6 is 0 Å². The first-order chi connectivity index (χ1) is 16.1. The number of aromatic nitrogens is 4. The minimum atomic E-state index is -1.32. The highest BCUT2D eigenvalue weighted by Crippen LogP contribution is 2.30. The maximum absolute atomic E-state index is 15.0. The molecule has 1 aliphatic rings. The maximum Gasteiger partial charge on any atom is 0.187 e. The van der Waals surface area contributed by atoms with Gasteiger partial charge in [0.1, 0.15) is 41.6 Å². The zero-order valence-electron chi connectivity index (χ0n) is 18.5. The third-order valence-electron chi connectivity index (χ3n) is 5.84. The van der Waals surface area contributed by atoms with E-state index in [4.69, 9.17) is 19.2 Å². The molecule has 4 aromatic rings. The molecular formula is C24H26FN5O3. The van der Waals surface area contributed by atoms with Crippen molar-refractivity contribution < 1.29 is 18.6 Å². The number of piperidine rings is 1. The molecule has 0 radical (unpaired) electrons. The number of fused-ring (bicyclic) bond motifs is 2. The van der Waals surface area contributed by atoms with Crippen LogP contribution in [-0.2, 0) is 4.74 Å². The highest BCUT2D eigenvalue weighted by atomic mass is 19.1. The molecule has 1 aliphatic heterocycles. The van der Waals surface area contributed by atoms with Crippen LogP contribution in [0.25, 0.3) is 28.1 Å². The number of ether oxygens (including phenoxy) is 3. The molecule has 9 heteroatoms. The van der Waals surface area contributed by atoms with Crippen LogP contribution in [0.3, 0.4) is 0 Å². The number of rotatable bonds is 8. The Kier molecular flexibility index (Phi) is 6.06. The van der Waals surface area contributed by atoms with Crippen LogP contribution in [0.4, 0.5) is 4.39 Å². The first-order valence-corrected chi connectivity index (χ1v) is 11.0. The molecule has 8 nitrogen and oxygen atoms in total. The van der Waals surface area contributed by atoms with Gasteiger partial charge in [0.15, 0.2) is 11.5 Å². The second-order valence-corrected chi connectivity index (χ2v) is 8.17. The van der Waals surface area contributed by atoms with Gasteiger partial charge in [-0.25, -0.2) is 9.37 Å². The van der Waals surface area contributed by atoms with Gasteiger partial charge < -0.3 is 19.5 Å². The number of nitrogens with zero attached hydrogens (tertiary/aromatic N) is 4. The summed E-state index contributed by atoms with van der Waals surface area (Å²) in [7, 11) is 1.63. The van der Waals surface area contributed by atoms with E-state index in [0.29, 0.717) is 73.3 Å². The number of nitrogens with one attached hydrogen (secondary N) is 1. The van der Waals surface area contributed by atoms with Crippen molar-refractivity contribution in [2.24, 2.45) is 0 Å². The largest absolute Gasteiger partial charge is 0.491 e. The predicted molar refractivity (Wildman–Crippen MR) is 123 cm³/mol. The predicted octanol–water partition coefficient (Wildman–Crippen LogP) is 3.44. The number of benzene rings is 1. The van der Waals surface area contributed by atoms with Crippen molar-refractivity contribution in [3.63, 3.8) is 0 Å². The normalized spacial score (nSPS) is 15.7. The van der Waals surface area contributed by atoms with Gasteiger partial charge in [0, 0.05) is 24.8 Å². The molecule has 0 aliphatic carbocycles. The van der Waals surface area contributed by atoms with Gasteiger partial charge in [0.25, 0.3) is 0 Å². The molecule has 0 spiro atoms. The van der Waals surface area contributed by atoms with E-state index in [1.807, 2.05) is 53.1 Å². The topological polar surface area (TPSA) is 82.8 Å². The fourth-order valence-corrected chi connectivity index (χ4v) is 3.97. The van der Waals surface area contributed by atoms with Crippen LogP contribution in [0, 0.1) is 0 Å². The van der Waals surface area contributed by atoms with E-state index in [2.05, 4.69) is 15.5 Å². The minimum absolute atomic E-state index is 0.0133. The molecule has 1 aromatic carbocycles. The lowest BCUT2D eigenvalue weighted by atomic mass is 9.95. The quantitative estimate of drug-likeness (QED) is 0.411. The van der Waals surface area contributed by atoms with Crippen LogP contribution in [0.1, 0.15) is 12.8 Å². The van der Waals surface area contributed by atoms with Gasteiger partial charge in [0.2, 0.25) is 0 Å². The SMILES string of the molecule is COCCOc1ccn2c(-c3ccc4cccc(OCC5(F)CCNCC5)c4n3)nnc2c1. The third-order valence-corrected chi connectivity index (χ3v) is 5.84. The zero-order chi connectivity index (χ0) is 22.7. The summed E-state index contributed by atoms with van der Waals surface area (Å²) < 4.78 is 33.5. The van der Waals surface area contributed by atoms with Crippen molar-refractivity contribution in [1.29, 1.82) is 0 Å². The molecule has 0 unspecified atom stereocenters. The molecule has 5 rings (SSSR count). The number of pyridine rings is 2. The van der Waals surface area contributed by atoms with E-state index >= 15 is 4.39 Å². The van der Waals surface area contributed by atoms with Crippen LogP contribution in [0.15, 0.2) is 48.7 Å². The van der Waals surface area contributed by atoms with Gasteiger partial charge in [-0.2, -0.15) is 0 Å². The number of methoxy groups -OCH3 is 1. The highest BCUT2D eigenvalue weighted by Gasteiger charge is 2.32. The Morgan fingerprint density at radius 1 is 1.06 bits per heavy atom. The zero-order valence-corrected chi connectivity index (χ0v) is 18.5. The standard InChI is InChI=1S/C24H26FN5O3/c1-31-13-14-32-18-7-12-30-21(15-18)28-29-23(30)19-6-5-17-3-2-4-20(22(17)27-19)33-16-24(25)8-10-26-11-9-24/h2-7,12,15,26H,8-11,13-14,16H2,1H3. The number of para-hydroxylation sites is 1. The average molecular weight is 452 g/mol. The average Bonchev–Trinajstić information content (AvgIpc) is 3.26. The van der Waals surface area contributed by atoms with Crippen molar-refractivity contribution in [2.45, 2.75) is 18.5 Å². The Morgan fingerprint density at radius 3 is 2.79 bits per heavy atom. The van der Waals surface area contributed by atoms with E-state index in [9.17, 15) is 0 Å². The summed E-state index contributed by atoms with van der Waals surface area (Å²) in [4.78, 5) is 4.81. The molecule has 1 N–H and O–H groups in total. The van der Waals surface area contributed by atoms with Gasteiger partial charge in [-0.3, -0.25) is 4.40 Å². The number of alkyl halides is 1. The Morgan fingerprint density at radius 2 is 1.94 bits per heavy atom. The summed E-state index contributed by atoms with van der Waals surface area (Å²) in [6.45, 7) is 2.31. The van der Waals surface area contributed by atoms with Crippen LogP contribution in [0.2, 0.25) is 0 Å². The van der Waals surface area contributed by atoms with Gasteiger partial charge >= 0.3 is 0 Å². The van der Waals surface area contributed by atoms with Crippen LogP contribution in [0.5, 0.6) is 11.5 Å². The van der Waals surface area contributed by atoms with Gasteiger partial charge in [-0.15, -0.1) is 10.2 Å². The highest BCUT2D eigenvalue weighted by molar-refractivity contribution is 5.86. The van der Waals surface area contributed by atoms with Crippen molar-refractivity contribution in [3.05, 3.63) is 48.7 Å². The first kappa shape index (κ1) is 21.5. The molecule has 0 saturated carbocycles. The Bertz CT molecular complexity index is 1260. The van der Waals surface area contributed by atoms with Gasteiger partial charge in [-0.05, 0) is 44.1 Å². The van der Waals surface area contributed by atoms with Crippen molar-refractivity contribution >= 4 is 16.6 Å². The number of halogens is 1. The molecule has 0 amide bonds. The minimum Gasteiger partial charge on any atom is -0.491 e. The van der Waals surface area contributed by atoms with Crippen LogP contribution in [-0.4, -0.2) is 65.3 Å². The summed E-state index contributed by atoms with van der Waals surface area (Å²) in [5, 5.41) is 12.7. The molecular weight excluding hydrogens is 425 g/mol. The Hall–Kier alpha value is -3.30. The maximum atomic E-state index is 15.0. The molecule has 1 saturated heterocycles. The Labute approximate surface area is 190 Å². The molecule has 0 bridgehead atoms. The lowest BCUT2D eigenvalue weighted by molar-refractivity contribution is 0.0545. The number of hydrogen-bond donors (Lipinski definition) is 1. The smallest absolute Gasteiger partial charge is 0.187 e. The lowest BCUT2D eigenvalue weighted by Crippen LogP contribution is -2.42. The first-order valence-electron chi connectivity index (χ1n) is 11.0. The fraction of sp³-hybridized carbons (Fsp3) is 0.375. The number of hydrogen-bond acceptors (Lipinski definition) is 7. The molecule has 33 heavy (non-hydrogen) atoms. The second-order valence-electron chi connectivity index (χ2n) is 8.17. The van der Waals surface area contributed by atoms with E-state index in [1.165, 1.54) is 0 Å². The third kappa shape index (κ3) is 4.60. The molecule has 1 fully saturated rings. The van der Waals surface area contributed by atoms with Crippen molar-refractivity contribution in [1.82, 2.24) is 24.9 Å². The Balaban J connectivity index is 1.43. The summed E-state index contributed by atoms with van der Waals surface area (Å²) in [6, 6.07) is 13.2. The summed E-state index contributed by atoms with van der Waals surface area (Å²) >= 11 is 0. The van der Waals surface area contributed by atoms with Gasteiger partial charge in [-0.1, -0.05) is 18.2 Å². The molecule has 0 atom stereocenters. The summed E-state index contributed by atoms with van der Waals surface area (Å²) in [5.74, 6) is 1.86. The van der Waals surface area contributed by atoms with E-state index in [0.717, 1.165) is 5.39 Å². The van der Waals surface area contributed by atoms with E-state index < -0.39 is 5.67 Å².